The lowest BCUT2D eigenvalue weighted by atomic mass is 10.0. The fourth-order valence-electron chi connectivity index (χ4n) is 0.767. The molecule has 4 heteroatoms. The van der Waals surface area contributed by atoms with Crippen LogP contribution in [0.1, 0.15) is 20.3 Å². The number of alkyl halides is 1. The number of aliphatic hydroxyl groups excluding tert-OH is 1. The van der Waals surface area contributed by atoms with Crippen LogP contribution in [-0.4, -0.2) is 28.5 Å². The van der Waals surface area contributed by atoms with E-state index in [2.05, 4.69) is 0 Å². The molecule has 0 aromatic rings. The van der Waals surface area contributed by atoms with Crippen LogP contribution in [0.4, 0.5) is 4.39 Å². The van der Waals surface area contributed by atoms with E-state index in [1.54, 1.807) is 13.8 Å². The van der Waals surface area contributed by atoms with Gasteiger partial charge in [-0.2, -0.15) is 0 Å². The molecular formula is C7H13FO3. The van der Waals surface area contributed by atoms with Crippen molar-refractivity contribution in [3.63, 3.8) is 0 Å². The van der Waals surface area contributed by atoms with Crippen LogP contribution in [0.15, 0.2) is 0 Å². The van der Waals surface area contributed by atoms with Gasteiger partial charge in [-0.3, -0.25) is 0 Å². The second kappa shape index (κ2) is 4.28. The van der Waals surface area contributed by atoms with Crippen molar-refractivity contribution in [3.05, 3.63) is 0 Å². The minimum atomic E-state index is -2.16. The highest BCUT2D eigenvalue weighted by Gasteiger charge is 2.25. The first-order valence-corrected chi connectivity index (χ1v) is 3.50. The van der Waals surface area contributed by atoms with Crippen molar-refractivity contribution in [2.24, 2.45) is 5.92 Å². The van der Waals surface area contributed by atoms with E-state index >= 15 is 0 Å². The summed E-state index contributed by atoms with van der Waals surface area (Å²) in [5, 5.41) is 17.0. The normalized spacial score (nSPS) is 16.5. The van der Waals surface area contributed by atoms with Gasteiger partial charge in [0.05, 0.1) is 6.10 Å². The highest BCUT2D eigenvalue weighted by molar-refractivity contribution is 5.72. The average molecular weight is 164 g/mol. The molecule has 0 amide bonds. The zero-order valence-electron chi connectivity index (χ0n) is 6.62. The second-order valence-electron chi connectivity index (χ2n) is 2.94. The van der Waals surface area contributed by atoms with Crippen LogP contribution in [0.3, 0.4) is 0 Å². The Balaban J connectivity index is 3.82. The standard InChI is InChI=1S/C7H13FO3/c1-4(2)3-5(9)6(8)7(10)11/h4-6,9H,3H2,1-2H3,(H,10,11). The number of aliphatic carboxylic acids is 1. The first kappa shape index (κ1) is 10.4. The smallest absolute Gasteiger partial charge is 0.341 e. The minimum absolute atomic E-state index is 0.0996. The zero-order chi connectivity index (χ0) is 9.02. The molecule has 0 bridgehead atoms. The van der Waals surface area contributed by atoms with Crippen LogP contribution in [0.25, 0.3) is 0 Å². The summed E-state index contributed by atoms with van der Waals surface area (Å²) >= 11 is 0. The molecule has 66 valence electrons. The number of aliphatic hydroxyl groups is 1. The summed E-state index contributed by atoms with van der Waals surface area (Å²) in [7, 11) is 0. The third kappa shape index (κ3) is 3.93. The SMILES string of the molecule is CC(C)CC(O)C(F)C(=O)O. The van der Waals surface area contributed by atoms with Gasteiger partial charge in [-0.25, -0.2) is 9.18 Å². The largest absolute Gasteiger partial charge is 0.479 e. The third-order valence-electron chi connectivity index (χ3n) is 1.29. The Morgan fingerprint density at radius 1 is 1.55 bits per heavy atom. The van der Waals surface area contributed by atoms with Crippen LogP contribution < -0.4 is 0 Å². The summed E-state index contributed by atoms with van der Waals surface area (Å²) in [5.41, 5.74) is 0. The molecule has 0 aliphatic heterocycles. The molecule has 0 aliphatic carbocycles. The summed E-state index contributed by atoms with van der Waals surface area (Å²) < 4.78 is 12.4. The van der Waals surface area contributed by atoms with Gasteiger partial charge in [-0.15, -0.1) is 0 Å². The van der Waals surface area contributed by atoms with Crippen molar-refractivity contribution >= 4 is 5.97 Å². The van der Waals surface area contributed by atoms with Gasteiger partial charge in [0, 0.05) is 0 Å². The molecular weight excluding hydrogens is 151 g/mol. The molecule has 0 aromatic heterocycles. The maximum Gasteiger partial charge on any atom is 0.341 e. The van der Waals surface area contributed by atoms with E-state index in [-0.39, 0.29) is 12.3 Å². The number of carboxylic acids is 1. The number of hydrogen-bond acceptors (Lipinski definition) is 2. The average Bonchev–Trinajstić information content (AvgIpc) is 1.84. The van der Waals surface area contributed by atoms with Crippen molar-refractivity contribution in [1.82, 2.24) is 0 Å². The Morgan fingerprint density at radius 3 is 2.27 bits per heavy atom. The third-order valence-corrected chi connectivity index (χ3v) is 1.29. The molecule has 0 spiro atoms. The molecule has 2 N–H and O–H groups in total. The van der Waals surface area contributed by atoms with Crippen LogP contribution in [0, 0.1) is 5.92 Å². The molecule has 0 aliphatic rings. The predicted octanol–water partition coefficient (Wildman–Crippen LogP) is 0.816. The van der Waals surface area contributed by atoms with Crippen molar-refractivity contribution in [3.8, 4) is 0 Å². The van der Waals surface area contributed by atoms with E-state index in [0.717, 1.165) is 0 Å². The van der Waals surface area contributed by atoms with E-state index in [1.165, 1.54) is 0 Å². The fraction of sp³-hybridized carbons (Fsp3) is 0.857. The number of hydrogen-bond donors (Lipinski definition) is 2. The number of carboxylic acid groups (broad SMARTS) is 1. The minimum Gasteiger partial charge on any atom is -0.479 e. The van der Waals surface area contributed by atoms with Crippen LogP contribution in [0.5, 0.6) is 0 Å². The summed E-state index contributed by atoms with van der Waals surface area (Å²) in [5.74, 6) is -1.50. The lowest BCUT2D eigenvalue weighted by molar-refractivity contribution is -0.147. The first-order chi connectivity index (χ1) is 4.95. The molecule has 2 unspecified atom stereocenters. The van der Waals surface area contributed by atoms with Gasteiger partial charge in [0.15, 0.2) is 0 Å². The van der Waals surface area contributed by atoms with Crippen molar-refractivity contribution in [2.45, 2.75) is 32.5 Å². The zero-order valence-corrected chi connectivity index (χ0v) is 6.62. The highest BCUT2D eigenvalue weighted by Crippen LogP contribution is 2.10. The Labute approximate surface area is 64.8 Å². The van der Waals surface area contributed by atoms with Crippen molar-refractivity contribution in [2.75, 3.05) is 0 Å². The molecule has 0 radical (unpaired) electrons. The Morgan fingerprint density at radius 2 is 2.00 bits per heavy atom. The fourth-order valence-corrected chi connectivity index (χ4v) is 0.767. The molecule has 0 saturated carbocycles. The van der Waals surface area contributed by atoms with Gasteiger partial charge in [0.1, 0.15) is 0 Å². The predicted molar refractivity (Wildman–Crippen MR) is 38.0 cm³/mol. The Hall–Kier alpha value is -0.640. The van der Waals surface area contributed by atoms with E-state index in [0.29, 0.717) is 0 Å². The summed E-state index contributed by atoms with van der Waals surface area (Å²) in [4.78, 5) is 9.99. The van der Waals surface area contributed by atoms with Crippen molar-refractivity contribution < 1.29 is 19.4 Å². The van der Waals surface area contributed by atoms with E-state index in [4.69, 9.17) is 10.2 Å². The van der Waals surface area contributed by atoms with Crippen LogP contribution in [-0.2, 0) is 4.79 Å². The molecule has 3 nitrogen and oxygen atoms in total. The van der Waals surface area contributed by atoms with E-state index < -0.39 is 18.2 Å². The Bertz CT molecular complexity index is 136. The molecule has 0 rings (SSSR count). The van der Waals surface area contributed by atoms with Gasteiger partial charge in [0.2, 0.25) is 6.17 Å². The quantitative estimate of drug-likeness (QED) is 0.646. The molecule has 0 aromatic carbocycles. The maximum atomic E-state index is 12.4. The van der Waals surface area contributed by atoms with Crippen LogP contribution in [0.2, 0.25) is 0 Å². The molecule has 0 saturated heterocycles. The molecule has 11 heavy (non-hydrogen) atoms. The molecule has 2 atom stereocenters. The van der Waals surface area contributed by atoms with Gasteiger partial charge in [-0.05, 0) is 12.3 Å². The lowest BCUT2D eigenvalue weighted by Crippen LogP contribution is -2.30. The number of carbonyl (C=O) groups is 1. The Kier molecular flexibility index (Phi) is 4.03. The summed E-state index contributed by atoms with van der Waals surface area (Å²) in [6, 6.07) is 0. The maximum absolute atomic E-state index is 12.4. The molecule has 0 heterocycles. The van der Waals surface area contributed by atoms with E-state index in [1.807, 2.05) is 0 Å². The van der Waals surface area contributed by atoms with Gasteiger partial charge < -0.3 is 10.2 Å². The second-order valence-corrected chi connectivity index (χ2v) is 2.94. The summed E-state index contributed by atoms with van der Waals surface area (Å²) in [6.07, 6.45) is -3.36. The monoisotopic (exact) mass is 164 g/mol. The number of halogens is 1. The summed E-state index contributed by atoms with van der Waals surface area (Å²) in [6.45, 7) is 3.58. The topological polar surface area (TPSA) is 57.5 Å². The molecule has 0 fully saturated rings. The van der Waals surface area contributed by atoms with Gasteiger partial charge in [0.25, 0.3) is 0 Å². The van der Waals surface area contributed by atoms with Gasteiger partial charge in [-0.1, -0.05) is 13.8 Å². The van der Waals surface area contributed by atoms with Crippen LogP contribution >= 0.6 is 0 Å². The lowest BCUT2D eigenvalue weighted by Gasteiger charge is -2.13. The first-order valence-electron chi connectivity index (χ1n) is 3.50. The number of rotatable bonds is 4. The van der Waals surface area contributed by atoms with Crippen molar-refractivity contribution in [1.29, 1.82) is 0 Å². The van der Waals surface area contributed by atoms with E-state index in [9.17, 15) is 9.18 Å². The highest BCUT2D eigenvalue weighted by atomic mass is 19.1. The van der Waals surface area contributed by atoms with Gasteiger partial charge >= 0.3 is 5.97 Å².